The largest absolute Gasteiger partial charge is 0.479 e. The number of Topliss-reactive ketones (excluding diaryl/α,β-unsaturated/α-hetero) is 2. The number of aromatic amines is 6. The first-order chi connectivity index (χ1) is 63.8. The third-order valence-electron chi connectivity index (χ3n) is 22.9. The van der Waals surface area contributed by atoms with E-state index in [1.807, 2.05) is 60.3 Å². The number of ketones is 2. The summed E-state index contributed by atoms with van der Waals surface area (Å²) in [5.41, 5.74) is 9.79. The molecule has 0 spiro atoms. The number of aromatic nitrogens is 9. The highest BCUT2D eigenvalue weighted by Crippen LogP contribution is 2.43. The Labute approximate surface area is 785 Å². The molecule has 15 rings (SSSR count). The summed E-state index contributed by atoms with van der Waals surface area (Å²) in [4.78, 5) is 89.3. The van der Waals surface area contributed by atoms with E-state index < -0.39 is 91.2 Å². The summed E-state index contributed by atoms with van der Waals surface area (Å²) in [5, 5.41) is 72.8. The Morgan fingerprint density at radius 2 is 1.03 bits per heavy atom. The van der Waals surface area contributed by atoms with Crippen molar-refractivity contribution in [2.24, 2.45) is 0 Å². The molecule has 40 heteroatoms. The van der Waals surface area contributed by atoms with E-state index in [4.69, 9.17) is 72.2 Å². The Balaban J connectivity index is 0.000000169. The highest BCUT2D eigenvalue weighted by molar-refractivity contribution is 6.32. The Morgan fingerprint density at radius 1 is 0.549 bits per heavy atom. The highest BCUT2D eigenvalue weighted by Gasteiger charge is 2.36. The van der Waals surface area contributed by atoms with Crippen molar-refractivity contribution in [3.63, 3.8) is 0 Å². The molecule has 12 aromatic rings. The Morgan fingerprint density at radius 3 is 1.48 bits per heavy atom. The van der Waals surface area contributed by atoms with Gasteiger partial charge in [0.05, 0.1) is 133 Å². The third-order valence-corrected chi connectivity index (χ3v) is 24.4. The Hall–Kier alpha value is -11.8. The van der Waals surface area contributed by atoms with Gasteiger partial charge in [0.1, 0.15) is 34.8 Å². The van der Waals surface area contributed by atoms with Gasteiger partial charge < -0.3 is 81.7 Å². The van der Waals surface area contributed by atoms with Gasteiger partial charge in [0.2, 0.25) is 5.88 Å². The van der Waals surface area contributed by atoms with Crippen LogP contribution in [0.4, 0.5) is 32.6 Å². The maximum Gasteiger partial charge on any atom is 0.416 e. The number of halogens is 10. The van der Waals surface area contributed by atoms with Gasteiger partial charge in [-0.15, -0.1) is 5.10 Å². The molecule has 3 aliphatic rings. The number of aliphatic hydroxyl groups is 3. The molecular formula is C93H98Cl5F5N18O12. The predicted octanol–water partition coefficient (Wildman–Crippen LogP) is 15.5. The van der Waals surface area contributed by atoms with Gasteiger partial charge >= 0.3 is 12.3 Å². The molecule has 30 nitrogen and oxygen atoms in total. The first kappa shape index (κ1) is 98.7. The lowest BCUT2D eigenvalue weighted by Crippen LogP contribution is -2.40. The Kier molecular flexibility index (Phi) is 33.3. The van der Waals surface area contributed by atoms with E-state index in [1.165, 1.54) is 68.0 Å². The summed E-state index contributed by atoms with van der Waals surface area (Å²) in [6, 6.07) is 33.0. The smallest absolute Gasteiger partial charge is 0.416 e. The number of anilines is 1. The number of likely N-dealkylation sites (N-methyl/N-ethyl adjacent to an activating group) is 2. The molecule has 6 aromatic carbocycles. The fourth-order valence-electron chi connectivity index (χ4n) is 15.9. The standard InChI is InChI=1S/C32H36Cl2FN7O3.C32H36Cl2N6O4.C29H26ClF4N5O5/c1-17-4-9-25(38-17)28(44)15-42(3)14-20-6-5-19(11-22(20)33)29-30(40-41-31(29)36-2)21-12-26(37-13-21)32(45)39-27(16-43)18-7-8-24(35)23(34)10-18;1-18-7-10-25(36-18)28(42)16-40(2)15-21-9-8-20(12-24(21)34)29-30(38-39-32(29)44-3)22-13-26(35-14-22)31(43)37-27(17-41)19-5-4-6-23(33)11-19;30-22-8-16(3-4-23(22)31)25(13-40)38-27(41)24-9-18(11-35-24)26-20(12-37-39-26)15-1-2-17(21(7-15)29(32,33)34)10-36-28(42)44-19-5-6-43-14-19/h5-8,10-13,17,25,27,37-38,43H,4,9,14-16H2,1-3H3,(H,39,45)(H2,36,40,41);4-6,8-9,11-14,18,25,27,35-36,41H,7,10,15-17H2,1-3H3,(H,37,43)(H,38,39);1-4,7-9,11-12,19,25,35,40H,5-6,10,13-14H2,(H,36,42)(H,37,39)(H,38,41)/t17?,25?,27-;18?,25?,27-;19-,25+/m110/s1. The van der Waals surface area contributed by atoms with Crippen LogP contribution in [0, 0.1) is 11.6 Å². The molecule has 133 heavy (non-hydrogen) atoms. The fourth-order valence-corrected chi connectivity index (χ4v) is 16.9. The van der Waals surface area contributed by atoms with Crippen molar-refractivity contribution < 1.29 is 80.2 Å². The molecule has 8 atom stereocenters. The fraction of sp³-hybridized carbons (Fsp3) is 0.323. The SMILES string of the molecule is CNc1n[nH]c(-c2c[nH]c(C(=O)N[C@H](CO)c3ccc(F)c(Cl)c3)c2)c1-c1ccc(CN(C)CC(=O)C2CCC(C)N2)c(Cl)c1.COc1n[nH]c(-c2c[nH]c(C(=O)N[C@H](CO)c3cccc(Cl)c3)c2)c1-c1ccc(CN(C)CC(=O)C2CCC(C)N2)c(Cl)c1.O=C(NCc1ccc(-c2cn[nH]c2-c2c[nH]c(C(=O)N[C@H](CO)c3ccc(F)c(Cl)c3)c2)cc1C(F)(F)F)O[C@H]1CCOC1. The quantitative estimate of drug-likeness (QED) is 0.0170. The molecule has 702 valence electrons. The monoisotopic (exact) mass is 1930 g/mol. The molecule has 6 aromatic heterocycles. The lowest BCUT2D eigenvalue weighted by Gasteiger charge is -2.19. The Bertz CT molecular complexity index is 6140. The lowest BCUT2D eigenvalue weighted by molar-refractivity contribution is -0.138. The molecule has 0 radical (unpaired) electrons. The maximum atomic E-state index is 14.1. The molecule has 16 N–H and O–H groups in total. The van der Waals surface area contributed by atoms with Gasteiger partial charge in [-0.1, -0.05) is 119 Å². The number of carbonyl (C=O) groups excluding carboxylic acids is 6. The number of methoxy groups -OCH3 is 1. The van der Waals surface area contributed by atoms with E-state index in [0.717, 1.165) is 65.6 Å². The lowest BCUT2D eigenvalue weighted by atomic mass is 9.97. The zero-order valence-electron chi connectivity index (χ0n) is 72.8. The van der Waals surface area contributed by atoms with Crippen LogP contribution in [-0.2, 0) is 44.9 Å². The van der Waals surface area contributed by atoms with Crippen LogP contribution < -0.4 is 42.0 Å². The number of carbonyl (C=O) groups is 6. The molecule has 0 aliphatic carbocycles. The van der Waals surface area contributed by atoms with Crippen molar-refractivity contribution in [1.82, 2.24) is 87.2 Å². The van der Waals surface area contributed by atoms with Crippen LogP contribution in [-0.4, -0.2) is 211 Å². The van der Waals surface area contributed by atoms with Crippen molar-refractivity contribution in [1.29, 1.82) is 0 Å². The molecule has 3 aliphatic heterocycles. The van der Waals surface area contributed by atoms with Crippen LogP contribution in [0.2, 0.25) is 25.1 Å². The highest BCUT2D eigenvalue weighted by atomic mass is 35.5. The van der Waals surface area contributed by atoms with Gasteiger partial charge in [-0.05, 0) is 176 Å². The molecule has 4 amide bonds. The zero-order chi connectivity index (χ0) is 95.1. The minimum Gasteiger partial charge on any atom is -0.479 e. The molecular weight excluding hydrogens is 1830 g/mol. The van der Waals surface area contributed by atoms with Crippen LogP contribution in [0.25, 0.3) is 67.2 Å². The second-order valence-electron chi connectivity index (χ2n) is 32.5. The van der Waals surface area contributed by atoms with Crippen LogP contribution >= 0.6 is 58.0 Å². The number of ether oxygens (including phenoxy) is 3. The molecule has 3 fully saturated rings. The van der Waals surface area contributed by atoms with Gasteiger partial charge in [-0.2, -0.15) is 23.4 Å². The van der Waals surface area contributed by atoms with Crippen molar-refractivity contribution in [2.45, 2.75) is 120 Å². The molecule has 3 saturated heterocycles. The van der Waals surface area contributed by atoms with Crippen molar-refractivity contribution >= 4 is 99.2 Å². The second kappa shape index (κ2) is 44.8. The number of nitrogens with zero attached hydrogens (tertiary/aromatic N) is 5. The number of benzene rings is 6. The van der Waals surface area contributed by atoms with E-state index in [1.54, 1.807) is 55.8 Å². The zero-order valence-corrected chi connectivity index (χ0v) is 76.5. The predicted molar refractivity (Wildman–Crippen MR) is 495 cm³/mol. The van der Waals surface area contributed by atoms with Crippen LogP contribution in [0.5, 0.6) is 5.88 Å². The van der Waals surface area contributed by atoms with E-state index in [9.17, 15) is 66.0 Å². The number of H-pyrrole nitrogens is 6. The molecule has 0 bridgehead atoms. The average molecular weight is 1930 g/mol. The summed E-state index contributed by atoms with van der Waals surface area (Å²) in [7, 11) is 7.12. The summed E-state index contributed by atoms with van der Waals surface area (Å²) < 4.78 is 85.2. The summed E-state index contributed by atoms with van der Waals surface area (Å²) >= 11 is 31.3. The van der Waals surface area contributed by atoms with Crippen molar-refractivity contribution in [3.8, 4) is 73.0 Å². The number of hydrogen-bond acceptors (Lipinski definition) is 20. The van der Waals surface area contributed by atoms with Gasteiger partial charge in [0.25, 0.3) is 17.7 Å². The van der Waals surface area contributed by atoms with Crippen LogP contribution in [0.1, 0.15) is 134 Å². The van der Waals surface area contributed by atoms with Gasteiger partial charge in [0, 0.05) is 101 Å². The topological polar surface area (TPSA) is 415 Å². The number of rotatable bonds is 33. The van der Waals surface area contributed by atoms with Gasteiger partial charge in [-0.3, -0.25) is 49.1 Å². The number of aliphatic hydroxyl groups excluding tert-OH is 3. The number of alkyl carbamates (subject to hydrolysis) is 1. The van der Waals surface area contributed by atoms with Crippen LogP contribution in [0.3, 0.4) is 0 Å². The first-order valence-corrected chi connectivity index (χ1v) is 44.3. The minimum atomic E-state index is -4.72. The van der Waals surface area contributed by atoms with Crippen LogP contribution in [0.15, 0.2) is 158 Å². The average Bonchev–Trinajstić information content (AvgIpc) is 1.65. The second-order valence-corrected chi connectivity index (χ2v) is 34.6. The van der Waals surface area contributed by atoms with E-state index >= 15 is 0 Å². The maximum absolute atomic E-state index is 14.1. The van der Waals surface area contributed by atoms with Crippen molar-refractivity contribution in [2.75, 3.05) is 79.7 Å². The van der Waals surface area contributed by atoms with E-state index in [2.05, 4.69) is 96.6 Å². The van der Waals surface area contributed by atoms with Crippen molar-refractivity contribution in [3.05, 3.63) is 251 Å². The number of alkyl halides is 3. The molecule has 9 heterocycles. The molecule has 4 unspecified atom stereocenters. The van der Waals surface area contributed by atoms with E-state index in [0.29, 0.717) is 145 Å². The number of hydrogen-bond donors (Lipinski definition) is 16. The van der Waals surface area contributed by atoms with E-state index in [-0.39, 0.29) is 69.4 Å². The third kappa shape index (κ3) is 24.8. The van der Waals surface area contributed by atoms with Gasteiger partial charge in [-0.25, -0.2) is 13.6 Å². The first-order valence-electron chi connectivity index (χ1n) is 42.4. The normalized spacial score (nSPS) is 16.6. The number of amides is 4. The minimum absolute atomic E-state index is 0.0839. The van der Waals surface area contributed by atoms with Gasteiger partial charge in [0.15, 0.2) is 17.4 Å². The summed E-state index contributed by atoms with van der Waals surface area (Å²) in [5.74, 6) is -1.36. The molecule has 0 saturated carbocycles. The summed E-state index contributed by atoms with van der Waals surface area (Å²) in [6.45, 7) is 4.99. The summed E-state index contributed by atoms with van der Waals surface area (Å²) in [6.07, 6.45) is 4.47. The number of nitrogens with one attached hydrogen (secondary N) is 13.